The minimum absolute atomic E-state index is 0.216. The van der Waals surface area contributed by atoms with Crippen LogP contribution in [0.1, 0.15) is 30.3 Å². The van der Waals surface area contributed by atoms with Crippen LogP contribution in [0.2, 0.25) is 0 Å². The first-order valence-corrected chi connectivity index (χ1v) is 4.80. The Labute approximate surface area is 72.2 Å². The van der Waals surface area contributed by atoms with E-state index in [2.05, 4.69) is 32.2 Å². The highest BCUT2D eigenvalue weighted by Gasteiger charge is 2.11. The first-order chi connectivity index (χ1) is 5.11. The predicted molar refractivity (Wildman–Crippen MR) is 50.8 cm³/mol. The van der Waals surface area contributed by atoms with Crippen molar-refractivity contribution < 1.29 is 0 Å². The summed E-state index contributed by atoms with van der Waals surface area (Å²) in [6.07, 6.45) is 0. The smallest absolute Gasteiger partial charge is 0.0413 e. The van der Waals surface area contributed by atoms with Crippen molar-refractivity contribution in [3.8, 4) is 0 Å². The van der Waals surface area contributed by atoms with Gasteiger partial charge in [0.2, 0.25) is 0 Å². The molecule has 0 amide bonds. The number of hydrogen-bond acceptors (Lipinski definition) is 2. The number of nitrogens with two attached hydrogens (primary N) is 1. The first-order valence-electron chi connectivity index (χ1n) is 3.92. The lowest BCUT2D eigenvalue weighted by Crippen LogP contribution is -2.14. The van der Waals surface area contributed by atoms with Crippen molar-refractivity contribution in [1.29, 1.82) is 0 Å². The van der Waals surface area contributed by atoms with Crippen LogP contribution in [0.25, 0.3) is 0 Å². The van der Waals surface area contributed by atoms with E-state index < -0.39 is 0 Å². The Balaban J connectivity index is 2.76. The summed E-state index contributed by atoms with van der Waals surface area (Å²) in [6, 6.07) is 2.39. The standard InChI is InChI=1S/C9H15NS/c1-6(2)9(10)8-4-7(3)5-11-8/h4-6,9H,10H2,1-3H3/t9-/m1/s1. The van der Waals surface area contributed by atoms with E-state index in [0.29, 0.717) is 5.92 Å². The van der Waals surface area contributed by atoms with Gasteiger partial charge in [0.1, 0.15) is 0 Å². The zero-order valence-electron chi connectivity index (χ0n) is 7.29. The fraction of sp³-hybridized carbons (Fsp3) is 0.556. The highest BCUT2D eigenvalue weighted by atomic mass is 32.1. The Morgan fingerprint density at radius 2 is 2.09 bits per heavy atom. The lowest BCUT2D eigenvalue weighted by Gasteiger charge is -2.12. The molecule has 0 unspecified atom stereocenters. The molecule has 1 aromatic heterocycles. The summed E-state index contributed by atoms with van der Waals surface area (Å²) < 4.78 is 0. The van der Waals surface area contributed by atoms with Crippen LogP contribution in [0.15, 0.2) is 11.4 Å². The van der Waals surface area contributed by atoms with E-state index in [0.717, 1.165) is 0 Å². The van der Waals surface area contributed by atoms with E-state index in [4.69, 9.17) is 5.73 Å². The largest absolute Gasteiger partial charge is 0.323 e. The quantitative estimate of drug-likeness (QED) is 0.723. The lowest BCUT2D eigenvalue weighted by atomic mass is 10.0. The van der Waals surface area contributed by atoms with E-state index in [1.54, 1.807) is 11.3 Å². The maximum atomic E-state index is 5.96. The van der Waals surface area contributed by atoms with Crippen LogP contribution in [0.3, 0.4) is 0 Å². The average Bonchev–Trinajstić information content (AvgIpc) is 2.34. The Bertz CT molecular complexity index is 227. The highest BCUT2D eigenvalue weighted by Crippen LogP contribution is 2.24. The second kappa shape index (κ2) is 3.37. The van der Waals surface area contributed by atoms with E-state index in [1.165, 1.54) is 10.4 Å². The molecule has 1 heterocycles. The molecule has 0 aliphatic carbocycles. The molecule has 11 heavy (non-hydrogen) atoms. The van der Waals surface area contributed by atoms with Gasteiger partial charge in [0.15, 0.2) is 0 Å². The van der Waals surface area contributed by atoms with Crippen LogP contribution in [0.5, 0.6) is 0 Å². The van der Waals surface area contributed by atoms with Gasteiger partial charge in [-0.25, -0.2) is 0 Å². The SMILES string of the molecule is Cc1csc([C@H](N)C(C)C)c1. The molecule has 0 fully saturated rings. The molecule has 0 radical (unpaired) electrons. The van der Waals surface area contributed by atoms with Crippen molar-refractivity contribution in [3.63, 3.8) is 0 Å². The number of thiophene rings is 1. The number of rotatable bonds is 2. The monoisotopic (exact) mass is 169 g/mol. The predicted octanol–water partition coefficient (Wildman–Crippen LogP) is 2.71. The lowest BCUT2D eigenvalue weighted by molar-refractivity contribution is 0.521. The molecular weight excluding hydrogens is 154 g/mol. The summed E-state index contributed by atoms with van der Waals surface area (Å²) >= 11 is 1.76. The van der Waals surface area contributed by atoms with Gasteiger partial charge in [-0.3, -0.25) is 0 Å². The molecule has 0 aliphatic rings. The molecule has 62 valence electrons. The van der Waals surface area contributed by atoms with E-state index in [1.807, 2.05) is 0 Å². The third kappa shape index (κ3) is 2.04. The molecule has 0 aromatic carbocycles. The second-order valence-electron chi connectivity index (χ2n) is 3.30. The summed E-state index contributed by atoms with van der Waals surface area (Å²) in [5.74, 6) is 0.535. The molecule has 1 aromatic rings. The maximum Gasteiger partial charge on any atom is 0.0413 e. The third-order valence-electron chi connectivity index (χ3n) is 1.80. The van der Waals surface area contributed by atoms with Gasteiger partial charge in [-0.2, -0.15) is 0 Å². The fourth-order valence-electron chi connectivity index (χ4n) is 0.957. The molecule has 1 atom stereocenters. The first kappa shape index (κ1) is 8.75. The summed E-state index contributed by atoms with van der Waals surface area (Å²) in [7, 11) is 0. The Kier molecular flexibility index (Phi) is 2.68. The van der Waals surface area contributed by atoms with Gasteiger partial charge >= 0.3 is 0 Å². The van der Waals surface area contributed by atoms with Crippen molar-refractivity contribution in [2.75, 3.05) is 0 Å². The zero-order valence-corrected chi connectivity index (χ0v) is 8.11. The van der Waals surface area contributed by atoms with Crippen LogP contribution in [0.4, 0.5) is 0 Å². The molecule has 0 aliphatic heterocycles. The van der Waals surface area contributed by atoms with Crippen molar-refractivity contribution in [1.82, 2.24) is 0 Å². The normalized spacial score (nSPS) is 13.9. The summed E-state index contributed by atoms with van der Waals surface area (Å²) in [5, 5.41) is 2.15. The zero-order chi connectivity index (χ0) is 8.43. The van der Waals surface area contributed by atoms with Crippen LogP contribution in [0, 0.1) is 12.8 Å². The molecule has 0 saturated carbocycles. The Morgan fingerprint density at radius 3 is 2.45 bits per heavy atom. The summed E-state index contributed by atoms with van der Waals surface area (Å²) in [5.41, 5.74) is 7.28. The number of hydrogen-bond donors (Lipinski definition) is 1. The molecule has 0 spiro atoms. The van der Waals surface area contributed by atoms with Crippen LogP contribution in [-0.2, 0) is 0 Å². The van der Waals surface area contributed by atoms with Gasteiger partial charge < -0.3 is 5.73 Å². The van der Waals surface area contributed by atoms with Crippen molar-refractivity contribution >= 4 is 11.3 Å². The highest BCUT2D eigenvalue weighted by molar-refractivity contribution is 7.10. The van der Waals surface area contributed by atoms with Gasteiger partial charge in [0, 0.05) is 10.9 Å². The van der Waals surface area contributed by atoms with Crippen molar-refractivity contribution in [2.45, 2.75) is 26.8 Å². The minimum atomic E-state index is 0.216. The van der Waals surface area contributed by atoms with Gasteiger partial charge in [0.05, 0.1) is 0 Å². The van der Waals surface area contributed by atoms with Crippen molar-refractivity contribution in [3.05, 3.63) is 21.9 Å². The minimum Gasteiger partial charge on any atom is -0.323 e. The maximum absolute atomic E-state index is 5.96. The topological polar surface area (TPSA) is 26.0 Å². The molecule has 1 nitrogen and oxygen atoms in total. The van der Waals surface area contributed by atoms with Crippen LogP contribution < -0.4 is 5.73 Å². The van der Waals surface area contributed by atoms with E-state index in [-0.39, 0.29) is 6.04 Å². The number of aryl methyl sites for hydroxylation is 1. The fourth-order valence-corrected chi connectivity index (χ4v) is 2.03. The average molecular weight is 169 g/mol. The molecular formula is C9H15NS. The molecule has 1 rings (SSSR count). The van der Waals surface area contributed by atoms with Crippen LogP contribution >= 0.6 is 11.3 Å². The van der Waals surface area contributed by atoms with Crippen LogP contribution in [-0.4, -0.2) is 0 Å². The van der Waals surface area contributed by atoms with Gasteiger partial charge in [-0.1, -0.05) is 13.8 Å². The van der Waals surface area contributed by atoms with Gasteiger partial charge in [-0.15, -0.1) is 11.3 Å². The summed E-state index contributed by atoms with van der Waals surface area (Å²) in [6.45, 7) is 6.41. The van der Waals surface area contributed by atoms with Crippen molar-refractivity contribution in [2.24, 2.45) is 11.7 Å². The molecule has 0 saturated heterocycles. The van der Waals surface area contributed by atoms with Gasteiger partial charge in [0.25, 0.3) is 0 Å². The van der Waals surface area contributed by atoms with Gasteiger partial charge in [-0.05, 0) is 29.9 Å². The van der Waals surface area contributed by atoms with E-state index in [9.17, 15) is 0 Å². The third-order valence-corrected chi connectivity index (χ3v) is 2.95. The molecule has 2 heteroatoms. The molecule has 2 N–H and O–H groups in total. The Morgan fingerprint density at radius 1 is 1.45 bits per heavy atom. The van der Waals surface area contributed by atoms with E-state index >= 15 is 0 Å². The summed E-state index contributed by atoms with van der Waals surface area (Å²) in [4.78, 5) is 1.30. The second-order valence-corrected chi connectivity index (χ2v) is 4.24. The molecule has 0 bridgehead atoms. The Hall–Kier alpha value is -0.340.